The quantitative estimate of drug-likeness (QED) is 0.682. The van der Waals surface area contributed by atoms with E-state index in [4.69, 9.17) is 10.5 Å². The van der Waals surface area contributed by atoms with Crippen LogP contribution in [0.5, 0.6) is 0 Å². The Hall–Kier alpha value is -2.29. The van der Waals surface area contributed by atoms with Crippen molar-refractivity contribution in [1.29, 1.82) is 0 Å². The number of nitrogens with two attached hydrogens (primary N) is 1. The second-order valence-corrected chi connectivity index (χ2v) is 4.82. The van der Waals surface area contributed by atoms with Gasteiger partial charge in [-0.15, -0.1) is 0 Å². The summed E-state index contributed by atoms with van der Waals surface area (Å²) in [6.07, 6.45) is 1.00. The molecule has 0 saturated heterocycles. The van der Waals surface area contributed by atoms with E-state index in [0.717, 1.165) is 17.5 Å². The summed E-state index contributed by atoms with van der Waals surface area (Å²) in [5, 5.41) is 0. The molecule has 0 bridgehead atoms. The number of aryl methyl sites for hydroxylation is 2. The summed E-state index contributed by atoms with van der Waals surface area (Å²) in [6.45, 7) is 4.28. The van der Waals surface area contributed by atoms with Crippen molar-refractivity contribution in [1.82, 2.24) is 0 Å². The summed E-state index contributed by atoms with van der Waals surface area (Å²) in [5.41, 5.74) is 10.1. The number of anilines is 1. The molecule has 0 unspecified atom stereocenters. The zero-order chi connectivity index (χ0) is 14.5. The molecule has 0 radical (unpaired) electrons. The largest absolute Gasteiger partial charge is 0.457 e. The molecule has 0 aliphatic heterocycles. The average Bonchev–Trinajstić information content (AvgIpc) is 2.48. The number of carbonyl (C=O) groups is 1. The molecular formula is C17H19NO2. The second-order valence-electron chi connectivity index (χ2n) is 4.82. The lowest BCUT2D eigenvalue weighted by Crippen LogP contribution is -2.06. The molecule has 0 fully saturated rings. The molecule has 0 amide bonds. The van der Waals surface area contributed by atoms with Gasteiger partial charge in [-0.05, 0) is 42.2 Å². The Morgan fingerprint density at radius 3 is 2.35 bits per heavy atom. The number of esters is 1. The number of rotatable bonds is 4. The Bertz CT molecular complexity index is 603. The average molecular weight is 269 g/mol. The first-order chi connectivity index (χ1) is 9.60. The first-order valence-electron chi connectivity index (χ1n) is 6.71. The Labute approximate surface area is 119 Å². The molecule has 20 heavy (non-hydrogen) atoms. The van der Waals surface area contributed by atoms with Crippen LogP contribution in [0.3, 0.4) is 0 Å². The lowest BCUT2D eigenvalue weighted by molar-refractivity contribution is 0.0473. The van der Waals surface area contributed by atoms with Crippen LogP contribution in [0.4, 0.5) is 5.69 Å². The molecule has 0 heterocycles. The van der Waals surface area contributed by atoms with Gasteiger partial charge in [0, 0.05) is 5.69 Å². The van der Waals surface area contributed by atoms with Crippen LogP contribution in [0.2, 0.25) is 0 Å². The maximum Gasteiger partial charge on any atom is 0.338 e. The van der Waals surface area contributed by atoms with Crippen molar-refractivity contribution in [2.45, 2.75) is 26.9 Å². The third-order valence-electron chi connectivity index (χ3n) is 3.32. The van der Waals surface area contributed by atoms with E-state index < -0.39 is 0 Å². The highest BCUT2D eigenvalue weighted by molar-refractivity contribution is 5.90. The number of hydrogen-bond acceptors (Lipinski definition) is 3. The molecule has 0 spiro atoms. The van der Waals surface area contributed by atoms with Crippen LogP contribution in [-0.4, -0.2) is 5.97 Å². The summed E-state index contributed by atoms with van der Waals surface area (Å²) in [4.78, 5) is 11.9. The van der Waals surface area contributed by atoms with Gasteiger partial charge >= 0.3 is 5.97 Å². The van der Waals surface area contributed by atoms with Crippen molar-refractivity contribution in [2.24, 2.45) is 0 Å². The highest BCUT2D eigenvalue weighted by Gasteiger charge is 2.08. The zero-order valence-electron chi connectivity index (χ0n) is 11.8. The van der Waals surface area contributed by atoms with Crippen molar-refractivity contribution in [3.8, 4) is 0 Å². The molecule has 104 valence electrons. The first-order valence-corrected chi connectivity index (χ1v) is 6.71. The van der Waals surface area contributed by atoms with Crippen LogP contribution in [0.1, 0.15) is 34.0 Å². The Morgan fingerprint density at radius 2 is 1.75 bits per heavy atom. The van der Waals surface area contributed by atoms with Gasteiger partial charge in [0.05, 0.1) is 5.56 Å². The fourth-order valence-electron chi connectivity index (χ4n) is 1.87. The summed E-state index contributed by atoms with van der Waals surface area (Å²) >= 11 is 0. The van der Waals surface area contributed by atoms with Gasteiger partial charge in [-0.1, -0.05) is 37.3 Å². The predicted molar refractivity (Wildman–Crippen MR) is 80.5 cm³/mol. The SMILES string of the molecule is CCc1ccc(COC(=O)c2ccc(C)c(N)c2)cc1. The fraction of sp³-hybridized carbons (Fsp3) is 0.235. The van der Waals surface area contributed by atoms with Gasteiger partial charge in [-0.25, -0.2) is 4.79 Å². The highest BCUT2D eigenvalue weighted by atomic mass is 16.5. The molecule has 0 aromatic heterocycles. The van der Waals surface area contributed by atoms with Crippen LogP contribution >= 0.6 is 0 Å². The van der Waals surface area contributed by atoms with Gasteiger partial charge in [0.1, 0.15) is 6.61 Å². The maximum absolute atomic E-state index is 11.9. The molecule has 0 saturated carbocycles. The van der Waals surface area contributed by atoms with Gasteiger partial charge in [0.25, 0.3) is 0 Å². The highest BCUT2D eigenvalue weighted by Crippen LogP contribution is 2.14. The number of ether oxygens (including phenoxy) is 1. The minimum absolute atomic E-state index is 0.274. The van der Waals surface area contributed by atoms with E-state index in [9.17, 15) is 4.79 Å². The van der Waals surface area contributed by atoms with Crippen LogP contribution < -0.4 is 5.73 Å². The van der Waals surface area contributed by atoms with Crippen molar-refractivity contribution >= 4 is 11.7 Å². The van der Waals surface area contributed by atoms with Gasteiger partial charge in [-0.3, -0.25) is 0 Å². The van der Waals surface area contributed by atoms with Gasteiger partial charge < -0.3 is 10.5 Å². The Morgan fingerprint density at radius 1 is 1.10 bits per heavy atom. The molecular weight excluding hydrogens is 250 g/mol. The lowest BCUT2D eigenvalue weighted by Gasteiger charge is -2.07. The molecule has 2 rings (SSSR count). The molecule has 2 aromatic carbocycles. The normalized spacial score (nSPS) is 10.3. The number of nitrogen functional groups attached to an aromatic ring is 1. The van der Waals surface area contributed by atoms with Crippen LogP contribution in [0.25, 0.3) is 0 Å². The molecule has 3 nitrogen and oxygen atoms in total. The van der Waals surface area contributed by atoms with E-state index in [2.05, 4.69) is 6.92 Å². The Balaban J connectivity index is 1.98. The third kappa shape index (κ3) is 3.38. The number of benzene rings is 2. The number of carbonyl (C=O) groups excluding carboxylic acids is 1. The summed E-state index contributed by atoms with van der Waals surface area (Å²) in [6, 6.07) is 13.3. The molecule has 0 aliphatic rings. The lowest BCUT2D eigenvalue weighted by atomic mass is 10.1. The van der Waals surface area contributed by atoms with E-state index in [0.29, 0.717) is 11.3 Å². The monoisotopic (exact) mass is 269 g/mol. The topological polar surface area (TPSA) is 52.3 Å². The summed E-state index contributed by atoms with van der Waals surface area (Å²) < 4.78 is 5.29. The maximum atomic E-state index is 11.9. The standard InChI is InChI=1S/C17H19NO2/c1-3-13-5-7-14(8-6-13)11-20-17(19)15-9-4-12(2)16(18)10-15/h4-10H,3,11,18H2,1-2H3. The van der Waals surface area contributed by atoms with E-state index >= 15 is 0 Å². The smallest absolute Gasteiger partial charge is 0.338 e. The van der Waals surface area contributed by atoms with E-state index in [1.165, 1.54) is 5.56 Å². The second kappa shape index (κ2) is 6.24. The van der Waals surface area contributed by atoms with E-state index in [1.807, 2.05) is 37.3 Å². The molecule has 2 N–H and O–H groups in total. The van der Waals surface area contributed by atoms with Crippen molar-refractivity contribution in [3.63, 3.8) is 0 Å². The Kier molecular flexibility index (Phi) is 4.41. The summed E-state index contributed by atoms with van der Waals surface area (Å²) in [5.74, 6) is -0.351. The van der Waals surface area contributed by atoms with Crippen LogP contribution in [0, 0.1) is 6.92 Å². The number of hydrogen-bond donors (Lipinski definition) is 1. The predicted octanol–water partition coefficient (Wildman–Crippen LogP) is 3.50. The molecule has 3 heteroatoms. The first kappa shape index (κ1) is 14.1. The van der Waals surface area contributed by atoms with Crippen LogP contribution in [0.15, 0.2) is 42.5 Å². The summed E-state index contributed by atoms with van der Waals surface area (Å²) in [7, 11) is 0. The van der Waals surface area contributed by atoms with Gasteiger partial charge in [-0.2, -0.15) is 0 Å². The van der Waals surface area contributed by atoms with Crippen molar-refractivity contribution < 1.29 is 9.53 Å². The van der Waals surface area contributed by atoms with Crippen LogP contribution in [-0.2, 0) is 17.8 Å². The minimum atomic E-state index is -0.351. The minimum Gasteiger partial charge on any atom is -0.457 e. The van der Waals surface area contributed by atoms with Gasteiger partial charge in [0.2, 0.25) is 0 Å². The molecule has 0 atom stereocenters. The zero-order valence-corrected chi connectivity index (χ0v) is 11.8. The fourth-order valence-corrected chi connectivity index (χ4v) is 1.87. The van der Waals surface area contributed by atoms with Crippen molar-refractivity contribution in [3.05, 3.63) is 64.7 Å². The third-order valence-corrected chi connectivity index (χ3v) is 3.32. The van der Waals surface area contributed by atoms with Crippen molar-refractivity contribution in [2.75, 3.05) is 5.73 Å². The molecule has 0 aliphatic carbocycles. The molecule has 2 aromatic rings. The van der Waals surface area contributed by atoms with E-state index in [-0.39, 0.29) is 12.6 Å². The van der Waals surface area contributed by atoms with Gasteiger partial charge in [0.15, 0.2) is 0 Å². The van der Waals surface area contributed by atoms with E-state index in [1.54, 1.807) is 12.1 Å².